The number of aliphatic hydroxyl groups is 1. The number of aryl methyl sites for hydroxylation is 1. The average molecular weight is 509 g/mol. The van der Waals surface area contributed by atoms with Crippen LogP contribution in [-0.2, 0) is 0 Å². The van der Waals surface area contributed by atoms with Gasteiger partial charge in [0.05, 0.1) is 5.60 Å². The molecule has 2 heterocycles. The molecule has 0 bridgehead atoms. The van der Waals surface area contributed by atoms with E-state index in [1.807, 2.05) is 5.32 Å². The van der Waals surface area contributed by atoms with Gasteiger partial charge in [-0.05, 0) is 37.5 Å². The Hall–Kier alpha value is -3.36. The number of rotatable bonds is 7. The number of pyridine rings is 1. The Balaban J connectivity index is 1.65. The molecule has 1 aliphatic carbocycles. The zero-order valence-electron chi connectivity index (χ0n) is 17.9. The molecule has 1 saturated carbocycles. The van der Waals surface area contributed by atoms with Crippen LogP contribution in [0.4, 0.5) is 42.4 Å². The monoisotopic (exact) mass is 509 g/mol. The normalized spacial score (nSPS) is 20.5. The molecule has 190 valence electrons. The van der Waals surface area contributed by atoms with E-state index >= 15 is 0 Å². The Morgan fingerprint density at radius 2 is 1.86 bits per heavy atom. The molecule has 3 aromatic rings. The summed E-state index contributed by atoms with van der Waals surface area (Å²) < 4.78 is 98.9. The Morgan fingerprint density at radius 3 is 2.49 bits per heavy atom. The first-order valence-corrected chi connectivity index (χ1v) is 10.1. The number of aromatic nitrogens is 3. The first kappa shape index (κ1) is 24.8. The lowest BCUT2D eigenvalue weighted by Crippen LogP contribution is -2.52. The zero-order valence-corrected chi connectivity index (χ0v) is 17.9. The van der Waals surface area contributed by atoms with Crippen molar-refractivity contribution in [3.63, 3.8) is 0 Å². The molecule has 1 aliphatic rings. The minimum atomic E-state index is -5.13. The molecule has 0 aliphatic heterocycles. The number of halogens is 7. The van der Waals surface area contributed by atoms with E-state index in [9.17, 15) is 35.8 Å². The Bertz CT molecular complexity index is 1220. The summed E-state index contributed by atoms with van der Waals surface area (Å²) in [7, 11) is 0. The van der Waals surface area contributed by atoms with Crippen molar-refractivity contribution in [1.82, 2.24) is 15.2 Å². The fourth-order valence-electron chi connectivity index (χ4n) is 3.70. The summed E-state index contributed by atoms with van der Waals surface area (Å²) in [4.78, 5) is 4.11. The lowest BCUT2D eigenvalue weighted by molar-refractivity contribution is -0.274. The molecule has 0 amide bonds. The lowest BCUT2D eigenvalue weighted by atomic mass is 9.77. The molecule has 0 spiro atoms. The van der Waals surface area contributed by atoms with Gasteiger partial charge in [-0.1, -0.05) is 5.10 Å². The molecule has 0 atom stereocenters. The largest absolute Gasteiger partial charge is 0.573 e. The van der Waals surface area contributed by atoms with Crippen LogP contribution in [0.1, 0.15) is 18.4 Å². The summed E-state index contributed by atoms with van der Waals surface area (Å²) in [6.07, 6.45) is -9.48. The van der Waals surface area contributed by atoms with Crippen LogP contribution in [0, 0.1) is 6.92 Å². The van der Waals surface area contributed by atoms with E-state index < -0.39 is 37.1 Å². The average Bonchev–Trinajstić information content (AvgIpc) is 3.18. The van der Waals surface area contributed by atoms with Gasteiger partial charge in [-0.2, -0.15) is 13.2 Å². The van der Waals surface area contributed by atoms with Crippen molar-refractivity contribution in [3.05, 3.63) is 23.8 Å². The minimum absolute atomic E-state index is 0.00699. The van der Waals surface area contributed by atoms with Gasteiger partial charge in [-0.25, -0.2) is 9.37 Å². The predicted octanol–water partition coefficient (Wildman–Crippen LogP) is 4.74. The molecule has 2 aromatic heterocycles. The molecule has 15 heteroatoms. The van der Waals surface area contributed by atoms with Crippen LogP contribution in [0.3, 0.4) is 0 Å². The quantitative estimate of drug-likeness (QED) is 0.393. The second-order valence-electron chi connectivity index (χ2n) is 8.23. The number of alkyl halides is 7. The zero-order chi connectivity index (χ0) is 25.6. The predicted molar refractivity (Wildman–Crippen MR) is 109 cm³/mol. The third-order valence-electron chi connectivity index (χ3n) is 5.28. The number of hydrogen-bond donors (Lipinski definition) is 3. The summed E-state index contributed by atoms with van der Waals surface area (Å²) in [6.45, 7) is -0.841. The lowest BCUT2D eigenvalue weighted by Gasteiger charge is -2.41. The van der Waals surface area contributed by atoms with Crippen molar-refractivity contribution in [1.29, 1.82) is 0 Å². The Labute approximate surface area is 192 Å². The smallest absolute Gasteiger partial charge is 0.403 e. The molecule has 35 heavy (non-hydrogen) atoms. The highest BCUT2D eigenvalue weighted by molar-refractivity contribution is 5.92. The minimum Gasteiger partial charge on any atom is -0.403 e. The van der Waals surface area contributed by atoms with Crippen molar-refractivity contribution in [2.75, 3.05) is 23.9 Å². The fraction of sp³-hybridized carbons (Fsp3) is 0.450. The molecule has 1 fully saturated rings. The number of fused-ring (bicyclic) bond motifs is 1. The molecule has 0 unspecified atom stereocenters. The summed E-state index contributed by atoms with van der Waals surface area (Å²) in [5, 5.41) is 22.3. The number of nitrogens with one attached hydrogen (secondary N) is 2. The summed E-state index contributed by atoms with van der Waals surface area (Å²) >= 11 is 0. The molecule has 1 aromatic carbocycles. The number of hydrogen-bond acceptors (Lipinski definition) is 8. The standard InChI is InChI=1S/C20H18F7N5O3/c1-9-2-13(16-31-32-17(34-16)29-11-5-18(33,6-11)7-21)30-15-12(9)3-10(28-8-19(22,23)24)4-14(15)35-20(25,26)27/h2-4,11,28,33H,5-8H2,1H3,(H,29,32). The Kier molecular flexibility index (Phi) is 6.15. The molecular formula is C20H18F7N5O3. The van der Waals surface area contributed by atoms with Gasteiger partial charge in [0.15, 0.2) is 5.75 Å². The topological polar surface area (TPSA) is 105 Å². The van der Waals surface area contributed by atoms with Crippen LogP contribution in [0.5, 0.6) is 5.75 Å². The highest BCUT2D eigenvalue weighted by Gasteiger charge is 2.43. The first-order valence-electron chi connectivity index (χ1n) is 10.1. The summed E-state index contributed by atoms with van der Waals surface area (Å²) in [6, 6.07) is 3.02. The van der Waals surface area contributed by atoms with Gasteiger partial charge in [0, 0.05) is 23.2 Å². The van der Waals surface area contributed by atoms with E-state index in [4.69, 9.17) is 4.42 Å². The number of nitrogens with zero attached hydrogens (tertiary/aromatic N) is 3. The van der Waals surface area contributed by atoms with Crippen LogP contribution in [0.2, 0.25) is 0 Å². The van der Waals surface area contributed by atoms with Crippen molar-refractivity contribution in [3.8, 4) is 17.3 Å². The SMILES string of the molecule is Cc1cc(-c2nnc(NC3CC(O)(CF)C3)o2)nc2c(OC(F)(F)F)cc(NCC(F)(F)F)cc12. The molecule has 3 N–H and O–H groups in total. The van der Waals surface area contributed by atoms with Gasteiger partial charge < -0.3 is 24.9 Å². The summed E-state index contributed by atoms with van der Waals surface area (Å²) in [5.74, 6) is -0.975. The van der Waals surface area contributed by atoms with Crippen molar-refractivity contribution < 1.29 is 45.0 Å². The molecule has 4 rings (SSSR count). The van der Waals surface area contributed by atoms with Crippen LogP contribution < -0.4 is 15.4 Å². The highest BCUT2D eigenvalue weighted by Crippen LogP contribution is 2.37. The van der Waals surface area contributed by atoms with E-state index in [2.05, 4.69) is 25.2 Å². The molecular weight excluding hydrogens is 491 g/mol. The van der Waals surface area contributed by atoms with E-state index in [0.29, 0.717) is 5.56 Å². The van der Waals surface area contributed by atoms with Crippen molar-refractivity contribution >= 4 is 22.6 Å². The fourth-order valence-corrected chi connectivity index (χ4v) is 3.70. The van der Waals surface area contributed by atoms with E-state index in [-0.39, 0.29) is 53.1 Å². The maximum atomic E-state index is 13.0. The highest BCUT2D eigenvalue weighted by atomic mass is 19.4. The van der Waals surface area contributed by atoms with Crippen LogP contribution in [0.15, 0.2) is 22.6 Å². The van der Waals surface area contributed by atoms with Gasteiger partial charge in [0.25, 0.3) is 5.89 Å². The van der Waals surface area contributed by atoms with Gasteiger partial charge in [0.2, 0.25) is 0 Å². The number of ether oxygens (including phenoxy) is 1. The van der Waals surface area contributed by atoms with E-state index in [0.717, 1.165) is 6.07 Å². The second-order valence-corrected chi connectivity index (χ2v) is 8.23. The summed E-state index contributed by atoms with van der Waals surface area (Å²) in [5.41, 5.74) is -1.58. The maximum absolute atomic E-state index is 13.0. The first-order chi connectivity index (χ1) is 16.2. The van der Waals surface area contributed by atoms with Crippen LogP contribution in [-0.4, -0.2) is 57.7 Å². The van der Waals surface area contributed by atoms with Crippen molar-refractivity contribution in [2.24, 2.45) is 0 Å². The van der Waals surface area contributed by atoms with Gasteiger partial charge in [-0.3, -0.25) is 0 Å². The molecule has 8 nitrogen and oxygen atoms in total. The van der Waals surface area contributed by atoms with Crippen molar-refractivity contribution in [2.45, 2.75) is 43.9 Å². The maximum Gasteiger partial charge on any atom is 0.573 e. The van der Waals surface area contributed by atoms with E-state index in [1.54, 1.807) is 0 Å². The van der Waals surface area contributed by atoms with E-state index in [1.165, 1.54) is 19.1 Å². The third-order valence-corrected chi connectivity index (χ3v) is 5.28. The Morgan fingerprint density at radius 1 is 1.14 bits per heavy atom. The van der Waals surface area contributed by atoms with Gasteiger partial charge >= 0.3 is 18.6 Å². The van der Waals surface area contributed by atoms with Crippen LogP contribution >= 0.6 is 0 Å². The van der Waals surface area contributed by atoms with Crippen LogP contribution in [0.25, 0.3) is 22.5 Å². The number of anilines is 2. The molecule has 0 saturated heterocycles. The number of benzene rings is 1. The second kappa shape index (κ2) is 8.70. The third kappa shape index (κ3) is 5.83. The van der Waals surface area contributed by atoms with Gasteiger partial charge in [0.1, 0.15) is 24.4 Å². The van der Waals surface area contributed by atoms with Gasteiger partial charge in [-0.15, -0.1) is 18.3 Å². The molecule has 0 radical (unpaired) electrons.